The molecule has 0 aromatic rings. The molecule has 0 fully saturated rings. The number of nitrogens with zero attached hydrogens (tertiary/aromatic N) is 1. The molecule has 0 radical (unpaired) electrons. The summed E-state index contributed by atoms with van der Waals surface area (Å²) in [5, 5.41) is 0. The fraction of sp³-hybridized carbons (Fsp3) is 0.833. The van der Waals surface area contributed by atoms with E-state index < -0.39 is 0 Å². The van der Waals surface area contributed by atoms with Gasteiger partial charge >= 0.3 is 11.9 Å². The Morgan fingerprint density at radius 3 is 2.24 bits per heavy atom. The molecular formula is C12H23NO4. The number of esters is 2. The third kappa shape index (κ3) is 8.68. The summed E-state index contributed by atoms with van der Waals surface area (Å²) in [6, 6.07) is 0. The molecular weight excluding hydrogens is 222 g/mol. The highest BCUT2D eigenvalue weighted by Crippen LogP contribution is 1.96. The maximum absolute atomic E-state index is 11.5. The van der Waals surface area contributed by atoms with Crippen LogP contribution < -0.4 is 0 Å². The normalized spacial score (nSPS) is 10.4. The highest BCUT2D eigenvalue weighted by Gasteiger charge is 2.14. The standard InChI is InChI=1S/C12H23NO4/c1-4-6-8-17-12(15)10-13(7-5-2)9-11(14)16-3/h4-10H2,1-3H3. The number of methoxy groups -OCH3 is 1. The van der Waals surface area contributed by atoms with Gasteiger partial charge in [0.2, 0.25) is 0 Å². The Balaban J connectivity index is 3.96. The minimum absolute atomic E-state index is 0.132. The number of hydrogen-bond acceptors (Lipinski definition) is 5. The van der Waals surface area contributed by atoms with Crippen molar-refractivity contribution in [2.75, 3.05) is 33.4 Å². The van der Waals surface area contributed by atoms with Crippen molar-refractivity contribution in [1.82, 2.24) is 4.90 Å². The van der Waals surface area contributed by atoms with Crippen LogP contribution in [0.1, 0.15) is 33.1 Å². The molecule has 17 heavy (non-hydrogen) atoms. The van der Waals surface area contributed by atoms with Gasteiger partial charge in [-0.25, -0.2) is 0 Å². The van der Waals surface area contributed by atoms with Crippen molar-refractivity contribution < 1.29 is 19.1 Å². The van der Waals surface area contributed by atoms with Gasteiger partial charge in [0.1, 0.15) is 0 Å². The first-order valence-electron chi connectivity index (χ1n) is 6.08. The van der Waals surface area contributed by atoms with E-state index in [4.69, 9.17) is 4.74 Å². The smallest absolute Gasteiger partial charge is 0.320 e. The molecule has 0 atom stereocenters. The molecule has 0 N–H and O–H groups in total. The van der Waals surface area contributed by atoms with Crippen LogP contribution in [0.2, 0.25) is 0 Å². The zero-order valence-electron chi connectivity index (χ0n) is 11.0. The van der Waals surface area contributed by atoms with Crippen molar-refractivity contribution in [3.8, 4) is 0 Å². The predicted molar refractivity (Wildman–Crippen MR) is 64.6 cm³/mol. The van der Waals surface area contributed by atoms with Crippen LogP contribution in [0.15, 0.2) is 0 Å². The molecule has 0 amide bonds. The molecule has 5 heteroatoms. The van der Waals surface area contributed by atoms with E-state index in [1.54, 1.807) is 4.90 Å². The molecule has 0 aliphatic rings. The van der Waals surface area contributed by atoms with E-state index in [-0.39, 0.29) is 25.0 Å². The molecule has 100 valence electrons. The van der Waals surface area contributed by atoms with E-state index in [1.807, 2.05) is 13.8 Å². The van der Waals surface area contributed by atoms with E-state index >= 15 is 0 Å². The Morgan fingerprint density at radius 2 is 1.71 bits per heavy atom. The molecule has 0 bridgehead atoms. The summed E-state index contributed by atoms with van der Waals surface area (Å²) in [6.07, 6.45) is 2.74. The second-order valence-corrected chi connectivity index (χ2v) is 3.86. The van der Waals surface area contributed by atoms with Crippen LogP contribution in [0.5, 0.6) is 0 Å². The second kappa shape index (κ2) is 10.1. The molecule has 0 rings (SSSR count). The first-order chi connectivity index (χ1) is 8.13. The van der Waals surface area contributed by atoms with Crippen molar-refractivity contribution >= 4 is 11.9 Å². The van der Waals surface area contributed by atoms with Crippen LogP contribution in [-0.4, -0.2) is 50.2 Å². The van der Waals surface area contributed by atoms with E-state index in [0.29, 0.717) is 13.2 Å². The Hall–Kier alpha value is -1.10. The molecule has 0 saturated carbocycles. The topological polar surface area (TPSA) is 55.8 Å². The van der Waals surface area contributed by atoms with Gasteiger partial charge in [-0.05, 0) is 19.4 Å². The third-order valence-corrected chi connectivity index (χ3v) is 2.23. The number of rotatable bonds is 9. The number of unbranched alkanes of at least 4 members (excludes halogenated alkanes) is 1. The van der Waals surface area contributed by atoms with Crippen molar-refractivity contribution in [3.05, 3.63) is 0 Å². The Morgan fingerprint density at radius 1 is 1.06 bits per heavy atom. The molecule has 0 saturated heterocycles. The summed E-state index contributed by atoms with van der Waals surface area (Å²) in [5.41, 5.74) is 0. The lowest BCUT2D eigenvalue weighted by atomic mass is 10.3. The van der Waals surface area contributed by atoms with Gasteiger partial charge in [0.15, 0.2) is 0 Å². The van der Waals surface area contributed by atoms with Gasteiger partial charge in [0.05, 0.1) is 26.8 Å². The third-order valence-electron chi connectivity index (χ3n) is 2.23. The summed E-state index contributed by atoms with van der Waals surface area (Å²) in [6.45, 7) is 5.44. The summed E-state index contributed by atoms with van der Waals surface area (Å²) < 4.78 is 9.62. The monoisotopic (exact) mass is 245 g/mol. The van der Waals surface area contributed by atoms with Gasteiger partial charge in [-0.15, -0.1) is 0 Å². The fourth-order valence-corrected chi connectivity index (χ4v) is 1.34. The zero-order chi connectivity index (χ0) is 13.1. The van der Waals surface area contributed by atoms with Gasteiger partial charge in [0.25, 0.3) is 0 Å². The summed E-state index contributed by atoms with van der Waals surface area (Å²) in [5.74, 6) is -0.615. The first-order valence-corrected chi connectivity index (χ1v) is 6.08. The van der Waals surface area contributed by atoms with Crippen LogP contribution in [0, 0.1) is 0 Å². The molecule has 0 heterocycles. The molecule has 0 aromatic heterocycles. The Kier molecular flexibility index (Phi) is 9.43. The van der Waals surface area contributed by atoms with E-state index in [1.165, 1.54) is 7.11 Å². The lowest BCUT2D eigenvalue weighted by Gasteiger charge is -2.18. The minimum Gasteiger partial charge on any atom is -0.468 e. The van der Waals surface area contributed by atoms with Gasteiger partial charge < -0.3 is 9.47 Å². The molecule has 0 unspecified atom stereocenters. The molecule has 0 aliphatic carbocycles. The van der Waals surface area contributed by atoms with Crippen molar-refractivity contribution in [3.63, 3.8) is 0 Å². The molecule has 5 nitrogen and oxygen atoms in total. The van der Waals surface area contributed by atoms with Crippen molar-refractivity contribution in [2.24, 2.45) is 0 Å². The van der Waals surface area contributed by atoms with Crippen LogP contribution in [-0.2, 0) is 19.1 Å². The number of hydrogen-bond donors (Lipinski definition) is 0. The highest BCUT2D eigenvalue weighted by molar-refractivity contribution is 5.74. The first kappa shape index (κ1) is 15.9. The number of carbonyl (C=O) groups is 2. The quantitative estimate of drug-likeness (QED) is 0.451. The van der Waals surface area contributed by atoms with Crippen molar-refractivity contribution in [1.29, 1.82) is 0 Å². The highest BCUT2D eigenvalue weighted by atomic mass is 16.5. The summed E-state index contributed by atoms with van der Waals surface area (Å²) in [7, 11) is 1.34. The van der Waals surface area contributed by atoms with Gasteiger partial charge in [-0.3, -0.25) is 14.5 Å². The average Bonchev–Trinajstić information content (AvgIpc) is 2.29. The average molecular weight is 245 g/mol. The summed E-state index contributed by atoms with van der Waals surface area (Å²) in [4.78, 5) is 24.3. The van der Waals surface area contributed by atoms with E-state index in [2.05, 4.69) is 4.74 Å². The minimum atomic E-state index is -0.334. The van der Waals surface area contributed by atoms with Crippen molar-refractivity contribution in [2.45, 2.75) is 33.1 Å². The fourth-order valence-electron chi connectivity index (χ4n) is 1.34. The second-order valence-electron chi connectivity index (χ2n) is 3.86. The zero-order valence-corrected chi connectivity index (χ0v) is 11.0. The Labute approximate surface area is 103 Å². The number of carbonyl (C=O) groups excluding carboxylic acids is 2. The van der Waals surface area contributed by atoms with Gasteiger partial charge in [0, 0.05) is 0 Å². The maximum atomic E-state index is 11.5. The summed E-state index contributed by atoms with van der Waals surface area (Å²) >= 11 is 0. The largest absolute Gasteiger partial charge is 0.468 e. The van der Waals surface area contributed by atoms with E-state index in [0.717, 1.165) is 19.3 Å². The predicted octanol–water partition coefficient (Wildman–Crippen LogP) is 1.21. The van der Waals surface area contributed by atoms with Crippen LogP contribution in [0.25, 0.3) is 0 Å². The number of ether oxygens (including phenoxy) is 2. The Bertz CT molecular complexity index is 231. The van der Waals surface area contributed by atoms with Crippen LogP contribution in [0.3, 0.4) is 0 Å². The lowest BCUT2D eigenvalue weighted by Crippen LogP contribution is -2.36. The molecule has 0 aliphatic heterocycles. The van der Waals surface area contributed by atoms with Gasteiger partial charge in [-0.2, -0.15) is 0 Å². The van der Waals surface area contributed by atoms with E-state index in [9.17, 15) is 9.59 Å². The van der Waals surface area contributed by atoms with Gasteiger partial charge in [-0.1, -0.05) is 20.3 Å². The molecule has 0 spiro atoms. The van der Waals surface area contributed by atoms with Crippen LogP contribution >= 0.6 is 0 Å². The SMILES string of the molecule is CCCCOC(=O)CN(CCC)CC(=O)OC. The van der Waals surface area contributed by atoms with Crippen LogP contribution in [0.4, 0.5) is 0 Å². The lowest BCUT2D eigenvalue weighted by molar-refractivity contribution is -0.147. The maximum Gasteiger partial charge on any atom is 0.320 e. The molecule has 0 aromatic carbocycles.